The lowest BCUT2D eigenvalue weighted by molar-refractivity contribution is -0.116. The molecule has 0 aliphatic carbocycles. The fourth-order valence-electron chi connectivity index (χ4n) is 1.72. The predicted octanol–water partition coefficient (Wildman–Crippen LogP) is 2.28. The minimum atomic E-state index is -0.0829. The Morgan fingerprint density at radius 2 is 1.65 bits per heavy atom. The van der Waals surface area contributed by atoms with Crippen molar-refractivity contribution in [2.75, 3.05) is 23.7 Å². The lowest BCUT2D eigenvalue weighted by Crippen LogP contribution is -2.28. The molecule has 1 rings (SSSR count). The fraction of sp³-hybridized carbons (Fsp3) is 0.467. The highest BCUT2D eigenvalue weighted by atomic mass is 16.2. The van der Waals surface area contributed by atoms with Crippen molar-refractivity contribution >= 4 is 23.2 Å². The van der Waals surface area contributed by atoms with Crippen molar-refractivity contribution in [3.05, 3.63) is 23.8 Å². The third-order valence-corrected chi connectivity index (χ3v) is 2.92. The van der Waals surface area contributed by atoms with E-state index in [1.54, 1.807) is 6.92 Å². The molecule has 2 amide bonds. The molecule has 0 unspecified atom stereocenters. The lowest BCUT2D eigenvalue weighted by atomic mass is 10.1. The molecule has 0 heterocycles. The van der Waals surface area contributed by atoms with Crippen LogP contribution in [0.25, 0.3) is 0 Å². The largest absolute Gasteiger partial charge is 0.326 e. The number of carbonyl (C=O) groups excluding carboxylic acids is 2. The van der Waals surface area contributed by atoms with E-state index in [1.807, 2.05) is 25.1 Å². The summed E-state index contributed by atoms with van der Waals surface area (Å²) in [5.74, 6) is -0.123. The zero-order valence-electron chi connectivity index (χ0n) is 12.4. The maximum Gasteiger partial charge on any atom is 0.238 e. The summed E-state index contributed by atoms with van der Waals surface area (Å²) >= 11 is 0. The molecular weight excluding hydrogens is 254 g/mol. The first-order valence-corrected chi connectivity index (χ1v) is 6.98. The van der Waals surface area contributed by atoms with Gasteiger partial charge in [-0.1, -0.05) is 19.9 Å². The van der Waals surface area contributed by atoms with Crippen LogP contribution in [-0.2, 0) is 9.59 Å². The summed E-state index contributed by atoms with van der Waals surface area (Å²) in [6.45, 7) is 6.84. The van der Waals surface area contributed by atoms with Crippen LogP contribution >= 0.6 is 0 Å². The third kappa shape index (κ3) is 5.01. The first-order valence-electron chi connectivity index (χ1n) is 6.98. The maximum atomic E-state index is 11.8. The number of nitrogens with one attached hydrogen (secondary N) is 3. The molecule has 0 aromatic heterocycles. The van der Waals surface area contributed by atoms with Gasteiger partial charge in [0.2, 0.25) is 11.8 Å². The Labute approximate surface area is 120 Å². The molecule has 0 saturated heterocycles. The number of amides is 2. The van der Waals surface area contributed by atoms with Crippen LogP contribution in [0.5, 0.6) is 0 Å². The highest BCUT2D eigenvalue weighted by Crippen LogP contribution is 2.23. The summed E-state index contributed by atoms with van der Waals surface area (Å²) in [6, 6.07) is 5.47. The molecule has 5 nitrogen and oxygen atoms in total. The van der Waals surface area contributed by atoms with Crippen LogP contribution in [0.2, 0.25) is 0 Å². The summed E-state index contributed by atoms with van der Waals surface area (Å²) in [5, 5.41) is 8.72. The van der Waals surface area contributed by atoms with Crippen LogP contribution < -0.4 is 16.0 Å². The molecule has 0 bridgehead atoms. The van der Waals surface area contributed by atoms with Crippen molar-refractivity contribution < 1.29 is 9.59 Å². The number of rotatable bonds is 7. The molecule has 0 aliphatic rings. The standard InChI is InChI=1S/C15H23N3O2/c1-4-9-16-10-15(20)18-13-8-6-7-12(11(13)3)17-14(19)5-2/h6-8,16H,4-5,9-10H2,1-3H3,(H,17,19)(H,18,20). The van der Waals surface area contributed by atoms with Crippen molar-refractivity contribution in [1.82, 2.24) is 5.32 Å². The molecule has 0 aliphatic heterocycles. The van der Waals surface area contributed by atoms with Crippen molar-refractivity contribution in [3.63, 3.8) is 0 Å². The summed E-state index contributed by atoms with van der Waals surface area (Å²) in [6.07, 6.45) is 1.42. The van der Waals surface area contributed by atoms with Gasteiger partial charge in [-0.25, -0.2) is 0 Å². The van der Waals surface area contributed by atoms with Gasteiger partial charge in [-0.15, -0.1) is 0 Å². The van der Waals surface area contributed by atoms with Crippen molar-refractivity contribution in [2.45, 2.75) is 33.6 Å². The zero-order chi connectivity index (χ0) is 15.0. The number of benzene rings is 1. The normalized spacial score (nSPS) is 10.2. The molecule has 110 valence electrons. The minimum Gasteiger partial charge on any atom is -0.326 e. The molecule has 1 aromatic carbocycles. The smallest absolute Gasteiger partial charge is 0.238 e. The van der Waals surface area contributed by atoms with Gasteiger partial charge in [-0.3, -0.25) is 9.59 Å². The van der Waals surface area contributed by atoms with E-state index in [9.17, 15) is 9.59 Å². The average molecular weight is 277 g/mol. The van der Waals surface area contributed by atoms with Gasteiger partial charge in [-0.05, 0) is 37.6 Å². The molecule has 3 N–H and O–H groups in total. The number of carbonyl (C=O) groups is 2. The second kappa shape index (κ2) is 8.32. The zero-order valence-corrected chi connectivity index (χ0v) is 12.4. The van der Waals surface area contributed by atoms with Crippen molar-refractivity contribution in [2.24, 2.45) is 0 Å². The summed E-state index contributed by atoms with van der Waals surface area (Å²) in [7, 11) is 0. The fourth-order valence-corrected chi connectivity index (χ4v) is 1.72. The van der Waals surface area contributed by atoms with E-state index in [4.69, 9.17) is 0 Å². The topological polar surface area (TPSA) is 70.2 Å². The Hall–Kier alpha value is -1.88. The molecule has 0 atom stereocenters. The Balaban J connectivity index is 2.68. The van der Waals surface area contributed by atoms with Crippen LogP contribution in [-0.4, -0.2) is 24.9 Å². The first-order chi connectivity index (χ1) is 9.58. The number of anilines is 2. The maximum absolute atomic E-state index is 11.8. The first kappa shape index (κ1) is 16.2. The van der Waals surface area contributed by atoms with E-state index in [1.165, 1.54) is 0 Å². The van der Waals surface area contributed by atoms with E-state index in [0.29, 0.717) is 13.0 Å². The third-order valence-electron chi connectivity index (χ3n) is 2.92. The van der Waals surface area contributed by atoms with E-state index in [2.05, 4.69) is 22.9 Å². The van der Waals surface area contributed by atoms with E-state index < -0.39 is 0 Å². The molecule has 5 heteroatoms. The van der Waals surface area contributed by atoms with E-state index >= 15 is 0 Å². The Bertz CT molecular complexity index is 472. The van der Waals surface area contributed by atoms with Crippen LogP contribution in [0, 0.1) is 6.92 Å². The second-order valence-electron chi connectivity index (χ2n) is 4.60. The van der Waals surface area contributed by atoms with Crippen molar-refractivity contribution in [3.8, 4) is 0 Å². The highest BCUT2D eigenvalue weighted by Gasteiger charge is 2.08. The lowest BCUT2D eigenvalue weighted by Gasteiger charge is -2.13. The molecule has 20 heavy (non-hydrogen) atoms. The van der Waals surface area contributed by atoms with Gasteiger partial charge in [0.15, 0.2) is 0 Å². The highest BCUT2D eigenvalue weighted by molar-refractivity contribution is 5.96. The average Bonchev–Trinajstić information content (AvgIpc) is 2.43. The Morgan fingerprint density at radius 3 is 2.20 bits per heavy atom. The minimum absolute atomic E-state index is 0.0406. The molecular formula is C15H23N3O2. The van der Waals surface area contributed by atoms with Gasteiger partial charge in [0.25, 0.3) is 0 Å². The molecule has 0 saturated carbocycles. The van der Waals surface area contributed by atoms with E-state index in [0.717, 1.165) is 29.9 Å². The molecule has 1 aromatic rings. The number of hydrogen-bond acceptors (Lipinski definition) is 3. The SMILES string of the molecule is CCCNCC(=O)Nc1cccc(NC(=O)CC)c1C. The molecule has 0 fully saturated rings. The Kier molecular flexibility index (Phi) is 6.73. The molecule has 0 radical (unpaired) electrons. The molecule has 0 spiro atoms. The van der Waals surface area contributed by atoms with Crippen molar-refractivity contribution in [1.29, 1.82) is 0 Å². The van der Waals surface area contributed by atoms with Gasteiger partial charge in [0.1, 0.15) is 0 Å². The number of hydrogen-bond donors (Lipinski definition) is 3. The summed E-state index contributed by atoms with van der Waals surface area (Å²) in [4.78, 5) is 23.2. The van der Waals surface area contributed by atoms with Crippen LogP contribution in [0.15, 0.2) is 18.2 Å². The second-order valence-corrected chi connectivity index (χ2v) is 4.60. The van der Waals surface area contributed by atoms with Gasteiger partial charge in [0.05, 0.1) is 6.54 Å². The van der Waals surface area contributed by atoms with Gasteiger partial charge in [0, 0.05) is 17.8 Å². The Morgan fingerprint density at radius 1 is 1.05 bits per heavy atom. The van der Waals surface area contributed by atoms with Gasteiger partial charge < -0.3 is 16.0 Å². The quantitative estimate of drug-likeness (QED) is 0.670. The summed E-state index contributed by atoms with van der Waals surface area (Å²) < 4.78 is 0. The van der Waals surface area contributed by atoms with Crippen LogP contribution in [0.4, 0.5) is 11.4 Å². The predicted molar refractivity (Wildman–Crippen MR) is 81.9 cm³/mol. The van der Waals surface area contributed by atoms with Crippen LogP contribution in [0.1, 0.15) is 32.3 Å². The van der Waals surface area contributed by atoms with Gasteiger partial charge >= 0.3 is 0 Å². The monoisotopic (exact) mass is 277 g/mol. The van der Waals surface area contributed by atoms with E-state index in [-0.39, 0.29) is 11.8 Å². The van der Waals surface area contributed by atoms with Crippen LogP contribution in [0.3, 0.4) is 0 Å². The summed E-state index contributed by atoms with van der Waals surface area (Å²) in [5.41, 5.74) is 2.32. The van der Waals surface area contributed by atoms with Gasteiger partial charge in [-0.2, -0.15) is 0 Å².